The molecule has 18 heavy (non-hydrogen) atoms. The van der Waals surface area contributed by atoms with Crippen molar-refractivity contribution in [1.29, 1.82) is 0 Å². The molecule has 3 heteroatoms. The number of benzene rings is 1. The summed E-state index contributed by atoms with van der Waals surface area (Å²) in [5.41, 5.74) is 6.73. The Morgan fingerprint density at radius 3 is 2.78 bits per heavy atom. The normalized spacial score (nSPS) is 10.8. The van der Waals surface area contributed by atoms with Gasteiger partial charge in [-0.1, -0.05) is 25.1 Å². The zero-order valence-corrected chi connectivity index (χ0v) is 11.3. The highest BCUT2D eigenvalue weighted by molar-refractivity contribution is 5.41. The highest BCUT2D eigenvalue weighted by Crippen LogP contribution is 2.25. The fourth-order valence-electron chi connectivity index (χ4n) is 1.58. The third-order valence-corrected chi connectivity index (χ3v) is 2.50. The third kappa shape index (κ3) is 4.80. The Morgan fingerprint density at radius 1 is 1.28 bits per heavy atom. The van der Waals surface area contributed by atoms with Crippen molar-refractivity contribution in [2.75, 3.05) is 19.8 Å². The zero-order chi connectivity index (χ0) is 13.2. The van der Waals surface area contributed by atoms with Crippen molar-refractivity contribution in [2.45, 2.75) is 26.7 Å². The van der Waals surface area contributed by atoms with E-state index in [9.17, 15) is 0 Å². The minimum Gasteiger partial charge on any atom is -0.493 e. The van der Waals surface area contributed by atoms with Gasteiger partial charge in [0.2, 0.25) is 0 Å². The fraction of sp³-hybridized carbons (Fsp3) is 0.467. The Hall–Kier alpha value is -1.48. The minimum absolute atomic E-state index is 0.575. The lowest BCUT2D eigenvalue weighted by atomic mass is 10.1. The van der Waals surface area contributed by atoms with Crippen molar-refractivity contribution < 1.29 is 9.47 Å². The second kappa shape index (κ2) is 8.59. The van der Waals surface area contributed by atoms with Crippen molar-refractivity contribution in [2.24, 2.45) is 5.73 Å². The van der Waals surface area contributed by atoms with Crippen LogP contribution in [0.3, 0.4) is 0 Å². The van der Waals surface area contributed by atoms with Crippen LogP contribution >= 0.6 is 0 Å². The van der Waals surface area contributed by atoms with Crippen molar-refractivity contribution >= 4 is 0 Å². The summed E-state index contributed by atoms with van der Waals surface area (Å²) in [6.45, 7) is 5.99. The van der Waals surface area contributed by atoms with E-state index in [4.69, 9.17) is 15.2 Å². The lowest BCUT2D eigenvalue weighted by Crippen LogP contribution is -2.06. The van der Waals surface area contributed by atoms with Crippen molar-refractivity contribution in [3.63, 3.8) is 0 Å². The van der Waals surface area contributed by atoms with E-state index in [1.54, 1.807) is 0 Å². The second-order valence-corrected chi connectivity index (χ2v) is 4.04. The molecular formula is C15H23NO2. The van der Waals surface area contributed by atoms with Crippen molar-refractivity contribution in [3.8, 4) is 11.5 Å². The van der Waals surface area contributed by atoms with Crippen LogP contribution < -0.4 is 15.2 Å². The lowest BCUT2D eigenvalue weighted by Gasteiger charge is -2.12. The van der Waals surface area contributed by atoms with Crippen LogP contribution in [0.15, 0.2) is 30.4 Å². The molecule has 0 aliphatic rings. The number of rotatable bonds is 8. The number of allylic oxidation sites excluding steroid dienone is 1. The van der Waals surface area contributed by atoms with Crippen LogP contribution in [0, 0.1) is 0 Å². The topological polar surface area (TPSA) is 44.5 Å². The van der Waals surface area contributed by atoms with Gasteiger partial charge in [-0.3, -0.25) is 0 Å². The Labute approximate surface area is 110 Å². The summed E-state index contributed by atoms with van der Waals surface area (Å²) in [5.74, 6) is 1.72. The summed E-state index contributed by atoms with van der Waals surface area (Å²) in [7, 11) is 0. The first-order valence-electron chi connectivity index (χ1n) is 6.51. The zero-order valence-electron chi connectivity index (χ0n) is 11.3. The highest BCUT2D eigenvalue weighted by Gasteiger charge is 2.05. The Kier molecular flexibility index (Phi) is 6.96. The van der Waals surface area contributed by atoms with E-state index in [0.717, 1.165) is 36.5 Å². The molecule has 1 aromatic carbocycles. The first kappa shape index (κ1) is 14.6. The van der Waals surface area contributed by atoms with Gasteiger partial charge in [0.25, 0.3) is 0 Å². The fourth-order valence-corrected chi connectivity index (χ4v) is 1.58. The molecule has 0 aliphatic heterocycles. The van der Waals surface area contributed by atoms with Crippen molar-refractivity contribution in [1.82, 2.24) is 0 Å². The SMILES string of the molecule is C/C=C/COc1cc(OCCC)ccc1CCN. The molecule has 0 aliphatic carbocycles. The van der Waals surface area contributed by atoms with E-state index < -0.39 is 0 Å². The first-order chi connectivity index (χ1) is 8.81. The van der Waals surface area contributed by atoms with Crippen LogP contribution in [0.2, 0.25) is 0 Å². The average molecular weight is 249 g/mol. The third-order valence-electron chi connectivity index (χ3n) is 2.50. The number of hydrogen-bond donors (Lipinski definition) is 1. The predicted molar refractivity (Wildman–Crippen MR) is 75.3 cm³/mol. The summed E-state index contributed by atoms with van der Waals surface area (Å²) < 4.78 is 11.3. The predicted octanol–water partition coefficient (Wildman–Crippen LogP) is 2.93. The summed E-state index contributed by atoms with van der Waals surface area (Å²) in [5, 5.41) is 0. The molecule has 0 fully saturated rings. The molecule has 0 spiro atoms. The molecular weight excluding hydrogens is 226 g/mol. The van der Waals surface area contributed by atoms with E-state index in [1.165, 1.54) is 0 Å². The molecule has 0 unspecified atom stereocenters. The molecule has 0 atom stereocenters. The Morgan fingerprint density at radius 2 is 2.11 bits per heavy atom. The van der Waals surface area contributed by atoms with Gasteiger partial charge in [0.05, 0.1) is 6.61 Å². The Balaban J connectivity index is 2.77. The molecule has 0 heterocycles. The molecule has 0 radical (unpaired) electrons. The molecule has 0 aromatic heterocycles. The maximum absolute atomic E-state index is 5.73. The van der Waals surface area contributed by atoms with E-state index in [-0.39, 0.29) is 0 Å². The van der Waals surface area contributed by atoms with Crippen LogP contribution in [0.4, 0.5) is 0 Å². The monoisotopic (exact) mass is 249 g/mol. The lowest BCUT2D eigenvalue weighted by molar-refractivity contribution is 0.311. The second-order valence-electron chi connectivity index (χ2n) is 4.04. The van der Waals surface area contributed by atoms with Gasteiger partial charge in [0, 0.05) is 6.07 Å². The van der Waals surface area contributed by atoms with Crippen LogP contribution in [0.25, 0.3) is 0 Å². The molecule has 100 valence electrons. The summed E-state index contributed by atoms with van der Waals surface area (Å²) in [4.78, 5) is 0. The molecule has 3 nitrogen and oxygen atoms in total. The molecule has 0 saturated carbocycles. The van der Waals surface area contributed by atoms with Crippen LogP contribution in [-0.4, -0.2) is 19.8 Å². The van der Waals surface area contributed by atoms with E-state index in [0.29, 0.717) is 13.2 Å². The minimum atomic E-state index is 0.575. The quantitative estimate of drug-likeness (QED) is 0.720. The van der Waals surface area contributed by atoms with E-state index >= 15 is 0 Å². The van der Waals surface area contributed by atoms with Gasteiger partial charge < -0.3 is 15.2 Å². The van der Waals surface area contributed by atoms with Gasteiger partial charge in [-0.05, 0) is 37.9 Å². The molecule has 0 saturated heterocycles. The van der Waals surface area contributed by atoms with E-state index in [2.05, 4.69) is 6.92 Å². The summed E-state index contributed by atoms with van der Waals surface area (Å²) in [6, 6.07) is 5.95. The first-order valence-corrected chi connectivity index (χ1v) is 6.51. The maximum Gasteiger partial charge on any atom is 0.126 e. The Bertz CT molecular complexity index is 375. The smallest absolute Gasteiger partial charge is 0.126 e. The van der Waals surface area contributed by atoms with Crippen LogP contribution in [-0.2, 0) is 6.42 Å². The highest BCUT2D eigenvalue weighted by atomic mass is 16.5. The van der Waals surface area contributed by atoms with Gasteiger partial charge in [-0.2, -0.15) is 0 Å². The maximum atomic E-state index is 5.73. The van der Waals surface area contributed by atoms with E-state index in [1.807, 2.05) is 37.3 Å². The average Bonchev–Trinajstić information content (AvgIpc) is 2.39. The van der Waals surface area contributed by atoms with Crippen LogP contribution in [0.1, 0.15) is 25.8 Å². The molecule has 0 bridgehead atoms. The largest absolute Gasteiger partial charge is 0.493 e. The summed E-state index contributed by atoms with van der Waals surface area (Å²) in [6.07, 6.45) is 5.77. The molecule has 1 aromatic rings. The van der Waals surface area contributed by atoms with Gasteiger partial charge in [-0.15, -0.1) is 0 Å². The molecule has 2 N–H and O–H groups in total. The van der Waals surface area contributed by atoms with Gasteiger partial charge >= 0.3 is 0 Å². The number of nitrogens with two attached hydrogens (primary N) is 1. The van der Waals surface area contributed by atoms with Gasteiger partial charge in [0.15, 0.2) is 0 Å². The van der Waals surface area contributed by atoms with Gasteiger partial charge in [-0.25, -0.2) is 0 Å². The van der Waals surface area contributed by atoms with Crippen LogP contribution in [0.5, 0.6) is 11.5 Å². The molecule has 1 rings (SSSR count). The van der Waals surface area contributed by atoms with Crippen molar-refractivity contribution in [3.05, 3.63) is 35.9 Å². The number of hydrogen-bond acceptors (Lipinski definition) is 3. The van der Waals surface area contributed by atoms with Gasteiger partial charge in [0.1, 0.15) is 18.1 Å². The molecule has 0 amide bonds. The number of ether oxygens (including phenoxy) is 2. The summed E-state index contributed by atoms with van der Waals surface area (Å²) >= 11 is 0. The standard InChI is InChI=1S/C15H23NO2/c1-3-5-11-18-15-12-14(17-10-4-2)7-6-13(15)8-9-16/h3,5-7,12H,4,8-11,16H2,1-2H3/b5-3+.